The highest BCUT2D eigenvalue weighted by molar-refractivity contribution is 5.77. The van der Waals surface area contributed by atoms with Crippen LogP contribution in [0.5, 0.6) is 0 Å². The first-order valence-corrected chi connectivity index (χ1v) is 7.65. The van der Waals surface area contributed by atoms with Crippen LogP contribution in [0.1, 0.15) is 16.2 Å². The Balaban J connectivity index is 0.000000149. The largest absolute Gasteiger partial charge is 0.296 e. The monoisotopic (exact) mass is 315 g/mol. The summed E-state index contributed by atoms with van der Waals surface area (Å²) in [6.07, 6.45) is 2.62. The summed E-state index contributed by atoms with van der Waals surface area (Å²) < 4.78 is 1.64. The van der Waals surface area contributed by atoms with E-state index in [4.69, 9.17) is 0 Å². The van der Waals surface area contributed by atoms with Gasteiger partial charge in [-0.15, -0.1) is 0 Å². The molecule has 0 fully saturated rings. The second-order valence-corrected chi connectivity index (χ2v) is 5.27. The quantitative estimate of drug-likeness (QED) is 0.520. The zero-order chi connectivity index (χ0) is 16.8. The number of carbonyl (C=O) groups excluding carboxylic acids is 1. The number of aldehydes is 1. The molecule has 4 heteroatoms. The number of fused-ring (bicyclic) bond motifs is 1. The van der Waals surface area contributed by atoms with Crippen LogP contribution in [0.2, 0.25) is 0 Å². The number of aromatic nitrogens is 3. The first-order valence-electron chi connectivity index (χ1n) is 7.65. The van der Waals surface area contributed by atoms with Crippen molar-refractivity contribution in [1.82, 2.24) is 14.8 Å². The number of benzene rings is 2. The van der Waals surface area contributed by atoms with E-state index in [1.165, 1.54) is 5.39 Å². The zero-order valence-electron chi connectivity index (χ0n) is 13.3. The Bertz CT molecular complexity index is 880. The standard InChI is InChI=1S/C11H10N2O.C9H7N/c1-9-7-11(8-14)13(12-9)10-5-3-2-4-6-10;1-2-6-9-8(4-1)5-3-7-10-9/h2-8H,1H3;1-7H. The lowest BCUT2D eigenvalue weighted by Gasteiger charge is -2.01. The second-order valence-electron chi connectivity index (χ2n) is 5.27. The van der Waals surface area contributed by atoms with E-state index in [0.29, 0.717) is 5.69 Å². The van der Waals surface area contributed by atoms with Crippen molar-refractivity contribution >= 4 is 17.2 Å². The predicted molar refractivity (Wildman–Crippen MR) is 95.4 cm³/mol. The average molecular weight is 315 g/mol. The highest BCUT2D eigenvalue weighted by atomic mass is 16.1. The van der Waals surface area contributed by atoms with Crippen molar-refractivity contribution in [2.45, 2.75) is 6.92 Å². The molecule has 0 aliphatic carbocycles. The number of carbonyl (C=O) groups is 1. The molecule has 0 spiro atoms. The number of rotatable bonds is 2. The maximum absolute atomic E-state index is 10.8. The molecule has 4 aromatic rings. The van der Waals surface area contributed by atoms with Crippen LogP contribution in [0.15, 0.2) is 79.0 Å². The van der Waals surface area contributed by atoms with Crippen molar-refractivity contribution in [2.24, 2.45) is 0 Å². The molecule has 4 rings (SSSR count). The fourth-order valence-corrected chi connectivity index (χ4v) is 2.40. The van der Waals surface area contributed by atoms with Gasteiger partial charge in [0.1, 0.15) is 5.69 Å². The molecule has 4 nitrogen and oxygen atoms in total. The number of aryl methyl sites for hydroxylation is 1. The smallest absolute Gasteiger partial charge is 0.168 e. The molecule has 0 amide bonds. The minimum atomic E-state index is 0.578. The summed E-state index contributed by atoms with van der Waals surface area (Å²) >= 11 is 0. The van der Waals surface area contributed by atoms with Crippen molar-refractivity contribution < 1.29 is 4.79 Å². The minimum Gasteiger partial charge on any atom is -0.296 e. The Hall–Kier alpha value is -3.27. The van der Waals surface area contributed by atoms with Gasteiger partial charge in [0.05, 0.1) is 16.9 Å². The van der Waals surface area contributed by atoms with E-state index < -0.39 is 0 Å². The molecule has 0 aliphatic heterocycles. The van der Waals surface area contributed by atoms with Crippen LogP contribution in [0.4, 0.5) is 0 Å². The SMILES string of the molecule is Cc1cc(C=O)n(-c2ccccc2)n1.c1ccc2ncccc2c1. The van der Waals surface area contributed by atoms with Crippen LogP contribution in [0.25, 0.3) is 16.6 Å². The molecule has 2 aromatic carbocycles. The molecule has 24 heavy (non-hydrogen) atoms. The number of pyridine rings is 1. The molecule has 0 aliphatic rings. The van der Waals surface area contributed by atoms with Gasteiger partial charge >= 0.3 is 0 Å². The molecule has 0 unspecified atom stereocenters. The first-order chi connectivity index (χ1) is 11.8. The fourth-order valence-electron chi connectivity index (χ4n) is 2.40. The van der Waals surface area contributed by atoms with Gasteiger partial charge in [0, 0.05) is 11.6 Å². The normalized spacial score (nSPS) is 10.0. The van der Waals surface area contributed by atoms with Crippen LogP contribution >= 0.6 is 0 Å². The lowest BCUT2D eigenvalue weighted by Crippen LogP contribution is -2.00. The molecule has 0 saturated carbocycles. The third-order valence-corrected chi connectivity index (χ3v) is 3.49. The van der Waals surface area contributed by atoms with Gasteiger partial charge in [-0.1, -0.05) is 42.5 Å². The number of nitrogens with zero attached hydrogens (tertiary/aromatic N) is 3. The lowest BCUT2D eigenvalue weighted by molar-refractivity contribution is 0.111. The Morgan fingerprint density at radius 1 is 0.917 bits per heavy atom. The zero-order valence-corrected chi connectivity index (χ0v) is 13.3. The third kappa shape index (κ3) is 3.55. The highest BCUT2D eigenvalue weighted by Gasteiger charge is 2.05. The second kappa shape index (κ2) is 7.33. The van der Waals surface area contributed by atoms with Crippen LogP contribution in [0.3, 0.4) is 0 Å². The van der Waals surface area contributed by atoms with Gasteiger partial charge in [0.25, 0.3) is 0 Å². The van der Waals surface area contributed by atoms with Gasteiger partial charge in [-0.2, -0.15) is 5.10 Å². The summed E-state index contributed by atoms with van der Waals surface area (Å²) in [6.45, 7) is 1.87. The maximum Gasteiger partial charge on any atom is 0.168 e. The van der Waals surface area contributed by atoms with Crippen molar-refractivity contribution in [1.29, 1.82) is 0 Å². The van der Waals surface area contributed by atoms with E-state index in [1.54, 1.807) is 10.7 Å². The molecule has 2 heterocycles. The summed E-state index contributed by atoms with van der Waals surface area (Å²) in [6, 6.07) is 23.4. The summed E-state index contributed by atoms with van der Waals surface area (Å²) in [5.74, 6) is 0. The molecule has 0 atom stereocenters. The minimum absolute atomic E-state index is 0.578. The summed E-state index contributed by atoms with van der Waals surface area (Å²) in [5, 5.41) is 5.44. The van der Waals surface area contributed by atoms with E-state index >= 15 is 0 Å². The van der Waals surface area contributed by atoms with E-state index in [0.717, 1.165) is 23.2 Å². The number of hydrogen-bond acceptors (Lipinski definition) is 3. The van der Waals surface area contributed by atoms with Gasteiger partial charge < -0.3 is 0 Å². The van der Waals surface area contributed by atoms with Crippen LogP contribution < -0.4 is 0 Å². The van der Waals surface area contributed by atoms with E-state index in [2.05, 4.69) is 22.2 Å². The topological polar surface area (TPSA) is 47.8 Å². The molecule has 0 saturated heterocycles. The summed E-state index contributed by atoms with van der Waals surface area (Å²) in [5.41, 5.74) is 3.39. The first kappa shape index (κ1) is 15.6. The molecule has 2 aromatic heterocycles. The van der Waals surface area contributed by atoms with E-state index in [9.17, 15) is 4.79 Å². The molecule has 0 bridgehead atoms. The molecule has 0 N–H and O–H groups in total. The van der Waals surface area contributed by atoms with Crippen LogP contribution in [-0.2, 0) is 0 Å². The molecule has 0 radical (unpaired) electrons. The van der Waals surface area contributed by atoms with Crippen molar-refractivity contribution in [3.05, 3.63) is 90.4 Å². The van der Waals surface area contributed by atoms with Crippen molar-refractivity contribution in [3.63, 3.8) is 0 Å². The summed E-state index contributed by atoms with van der Waals surface area (Å²) in [4.78, 5) is 14.9. The van der Waals surface area contributed by atoms with Gasteiger partial charge in [-0.3, -0.25) is 9.78 Å². The van der Waals surface area contributed by atoms with E-state index in [-0.39, 0.29) is 0 Å². The maximum atomic E-state index is 10.8. The van der Waals surface area contributed by atoms with Gasteiger partial charge in [0.15, 0.2) is 6.29 Å². The predicted octanol–water partition coefficient (Wildman–Crippen LogP) is 4.23. The van der Waals surface area contributed by atoms with Gasteiger partial charge in [-0.05, 0) is 37.3 Å². The lowest BCUT2D eigenvalue weighted by atomic mass is 10.2. The molecular weight excluding hydrogens is 298 g/mol. The molecular formula is C20H17N3O. The van der Waals surface area contributed by atoms with Crippen LogP contribution in [-0.4, -0.2) is 21.1 Å². The van der Waals surface area contributed by atoms with Crippen molar-refractivity contribution in [3.8, 4) is 5.69 Å². The highest BCUT2D eigenvalue weighted by Crippen LogP contribution is 2.10. The Morgan fingerprint density at radius 3 is 2.38 bits per heavy atom. The number of para-hydroxylation sites is 2. The van der Waals surface area contributed by atoms with Crippen LogP contribution in [0, 0.1) is 6.92 Å². The Morgan fingerprint density at radius 2 is 1.62 bits per heavy atom. The fraction of sp³-hybridized carbons (Fsp3) is 0.0500. The Kier molecular flexibility index (Phi) is 4.77. The average Bonchev–Trinajstić information content (AvgIpc) is 3.04. The third-order valence-electron chi connectivity index (χ3n) is 3.49. The Labute approximate surface area is 140 Å². The molecule has 118 valence electrons. The van der Waals surface area contributed by atoms with Crippen molar-refractivity contribution in [2.75, 3.05) is 0 Å². The number of hydrogen-bond donors (Lipinski definition) is 0. The van der Waals surface area contributed by atoms with Gasteiger partial charge in [-0.25, -0.2) is 4.68 Å². The summed E-state index contributed by atoms with van der Waals surface area (Å²) in [7, 11) is 0. The van der Waals surface area contributed by atoms with Gasteiger partial charge in [0.2, 0.25) is 0 Å². The van der Waals surface area contributed by atoms with E-state index in [1.807, 2.05) is 67.7 Å².